The molecule has 0 N–H and O–H groups in total. The van der Waals surface area contributed by atoms with Crippen LogP contribution >= 0.6 is 0 Å². The summed E-state index contributed by atoms with van der Waals surface area (Å²) < 4.78 is 36.0. The van der Waals surface area contributed by atoms with Crippen molar-refractivity contribution in [2.24, 2.45) is 0 Å². The van der Waals surface area contributed by atoms with Crippen molar-refractivity contribution in [3.8, 4) is 0 Å². The van der Waals surface area contributed by atoms with E-state index in [-0.39, 0.29) is 29.7 Å². The Kier molecular flexibility index (Phi) is 10.2. The number of allylic oxidation sites excluding steroid dienone is 2. The molecule has 36 heavy (non-hydrogen) atoms. The molecule has 0 saturated carbocycles. The molecular formula is C30H29F2O3S+. The second kappa shape index (κ2) is 13.6. The first-order valence-corrected chi connectivity index (χ1v) is 12.7. The first-order chi connectivity index (χ1) is 17.4. The van der Waals surface area contributed by atoms with E-state index in [1.165, 1.54) is 39.8 Å². The summed E-state index contributed by atoms with van der Waals surface area (Å²) >= 11 is 0. The van der Waals surface area contributed by atoms with Gasteiger partial charge in [-0.05, 0) is 55.5 Å². The van der Waals surface area contributed by atoms with E-state index in [0.717, 1.165) is 6.08 Å². The van der Waals surface area contributed by atoms with Crippen LogP contribution in [0.1, 0.15) is 6.92 Å². The Hall–Kier alpha value is -3.48. The zero-order valence-electron chi connectivity index (χ0n) is 20.1. The molecule has 3 aromatic rings. The van der Waals surface area contributed by atoms with Crippen LogP contribution in [-0.2, 0) is 25.2 Å². The Balaban J connectivity index is 0.000000202. The van der Waals surface area contributed by atoms with Gasteiger partial charge in [0.1, 0.15) is 12.7 Å². The average molecular weight is 508 g/mol. The summed E-state index contributed by atoms with van der Waals surface area (Å²) in [4.78, 5) is 15.1. The summed E-state index contributed by atoms with van der Waals surface area (Å²) in [7, 11) is -0.0146. The lowest BCUT2D eigenvalue weighted by molar-refractivity contribution is -0.143. The van der Waals surface area contributed by atoms with E-state index in [2.05, 4.69) is 97.6 Å². The monoisotopic (exact) mass is 507 g/mol. The highest BCUT2D eigenvalue weighted by molar-refractivity contribution is 7.97. The molecule has 0 radical (unpaired) electrons. The molecule has 0 aromatic heterocycles. The van der Waals surface area contributed by atoms with E-state index in [4.69, 9.17) is 9.47 Å². The molecule has 3 nitrogen and oxygen atoms in total. The molecule has 0 fully saturated rings. The number of halogens is 2. The molecule has 3 aromatic carbocycles. The highest BCUT2D eigenvalue weighted by Crippen LogP contribution is 2.30. The molecule has 1 aliphatic carbocycles. The van der Waals surface area contributed by atoms with Crippen molar-refractivity contribution in [2.45, 2.75) is 33.6 Å². The van der Waals surface area contributed by atoms with Gasteiger partial charge in [-0.3, -0.25) is 0 Å². The number of carbonyl (C=O) groups is 1. The number of benzene rings is 3. The van der Waals surface area contributed by atoms with Crippen molar-refractivity contribution in [1.82, 2.24) is 0 Å². The third kappa shape index (κ3) is 8.04. The maximum Gasteiger partial charge on any atom is 0.333 e. The minimum absolute atomic E-state index is 0.0146. The smallest absolute Gasteiger partial charge is 0.333 e. The van der Waals surface area contributed by atoms with Crippen LogP contribution in [0.25, 0.3) is 0 Å². The SMILES string of the molecule is C=C(C)C(=O)OCCOC1C=CC=CC1(F)F.c1ccc([S+](c2ccccc2)c2ccccc2)cc1. The van der Waals surface area contributed by atoms with Gasteiger partial charge in [0.25, 0.3) is 5.92 Å². The summed E-state index contributed by atoms with van der Waals surface area (Å²) in [5, 5.41) is 0. The molecule has 6 heteroatoms. The number of rotatable bonds is 8. The Bertz CT molecular complexity index is 1070. The summed E-state index contributed by atoms with van der Waals surface area (Å²) in [5.74, 6) is -3.58. The van der Waals surface area contributed by atoms with Gasteiger partial charge in [-0.15, -0.1) is 0 Å². The number of hydrogen-bond donors (Lipinski definition) is 0. The van der Waals surface area contributed by atoms with Crippen molar-refractivity contribution >= 4 is 16.9 Å². The fourth-order valence-electron chi connectivity index (χ4n) is 3.25. The molecule has 0 spiro atoms. The van der Waals surface area contributed by atoms with Crippen LogP contribution in [-0.4, -0.2) is 31.2 Å². The van der Waals surface area contributed by atoms with Crippen LogP contribution in [0.2, 0.25) is 0 Å². The van der Waals surface area contributed by atoms with E-state index < -0.39 is 18.0 Å². The Labute approximate surface area is 214 Å². The van der Waals surface area contributed by atoms with Gasteiger partial charge in [-0.25, -0.2) is 4.79 Å². The number of ether oxygens (including phenoxy) is 2. The molecule has 1 unspecified atom stereocenters. The predicted molar refractivity (Wildman–Crippen MR) is 140 cm³/mol. The van der Waals surface area contributed by atoms with E-state index in [1.54, 1.807) is 0 Å². The molecule has 0 heterocycles. The summed E-state index contributed by atoms with van der Waals surface area (Å²) in [6, 6.07) is 32.2. The van der Waals surface area contributed by atoms with Crippen LogP contribution < -0.4 is 0 Å². The Morgan fingerprint density at radius 2 is 1.31 bits per heavy atom. The van der Waals surface area contributed by atoms with Crippen molar-refractivity contribution in [3.05, 3.63) is 127 Å². The Morgan fingerprint density at radius 1 is 0.833 bits per heavy atom. The number of alkyl halides is 2. The van der Waals surface area contributed by atoms with Crippen molar-refractivity contribution in [2.75, 3.05) is 13.2 Å². The van der Waals surface area contributed by atoms with E-state index in [0.29, 0.717) is 0 Å². The lowest BCUT2D eigenvalue weighted by atomic mass is 10.1. The highest BCUT2D eigenvalue weighted by Gasteiger charge is 2.37. The normalized spacial score (nSPS) is 15.6. The van der Waals surface area contributed by atoms with Gasteiger partial charge < -0.3 is 9.47 Å². The predicted octanol–water partition coefficient (Wildman–Crippen LogP) is 7.03. The van der Waals surface area contributed by atoms with Gasteiger partial charge in [0.15, 0.2) is 14.7 Å². The lowest BCUT2D eigenvalue weighted by Crippen LogP contribution is -2.34. The first-order valence-electron chi connectivity index (χ1n) is 11.5. The topological polar surface area (TPSA) is 35.5 Å². The highest BCUT2D eigenvalue weighted by atomic mass is 32.2. The summed E-state index contributed by atoms with van der Waals surface area (Å²) in [6.07, 6.45) is 3.48. The standard InChI is InChI=1S/C18H15S.C12H14F2O3/c1-4-10-16(11-5-1)19(17-12-6-2-7-13-17)18-14-8-3-9-15-18;1-9(2)11(15)17-8-7-16-10-5-3-4-6-12(10,13)14/h1-15H;3-6,10H,1,7-8H2,2H3/q+1;. The quantitative estimate of drug-likeness (QED) is 0.142. The molecule has 1 aliphatic rings. The van der Waals surface area contributed by atoms with Gasteiger partial charge in [0.2, 0.25) is 0 Å². The van der Waals surface area contributed by atoms with E-state index >= 15 is 0 Å². The molecule has 0 saturated heterocycles. The van der Waals surface area contributed by atoms with Crippen molar-refractivity contribution in [1.29, 1.82) is 0 Å². The second-order valence-corrected chi connectivity index (χ2v) is 9.90. The maximum atomic E-state index is 13.2. The zero-order valence-corrected chi connectivity index (χ0v) is 20.9. The molecule has 0 amide bonds. The maximum absolute atomic E-state index is 13.2. The molecule has 0 bridgehead atoms. The number of esters is 1. The lowest BCUT2D eigenvalue weighted by Gasteiger charge is -2.23. The fourth-order valence-corrected chi connectivity index (χ4v) is 5.35. The van der Waals surface area contributed by atoms with Gasteiger partial charge in [0.05, 0.1) is 17.5 Å². The number of carbonyl (C=O) groups excluding carboxylic acids is 1. The van der Waals surface area contributed by atoms with Crippen LogP contribution in [0.3, 0.4) is 0 Å². The van der Waals surface area contributed by atoms with Crippen LogP contribution in [0.5, 0.6) is 0 Å². The Morgan fingerprint density at radius 3 is 1.72 bits per heavy atom. The molecular weight excluding hydrogens is 478 g/mol. The first kappa shape index (κ1) is 27.1. The number of hydrogen-bond acceptors (Lipinski definition) is 3. The third-order valence-electron chi connectivity index (χ3n) is 4.99. The fraction of sp³-hybridized carbons (Fsp3) is 0.167. The van der Waals surface area contributed by atoms with Gasteiger partial charge in [-0.1, -0.05) is 73.3 Å². The second-order valence-electron chi connectivity index (χ2n) is 7.87. The van der Waals surface area contributed by atoms with Gasteiger partial charge in [0, 0.05) is 5.57 Å². The minimum atomic E-state index is -3.02. The minimum Gasteiger partial charge on any atom is -0.460 e. The largest absolute Gasteiger partial charge is 0.460 e. The van der Waals surface area contributed by atoms with Crippen molar-refractivity contribution in [3.63, 3.8) is 0 Å². The van der Waals surface area contributed by atoms with Crippen LogP contribution in [0.4, 0.5) is 8.78 Å². The molecule has 4 rings (SSSR count). The van der Waals surface area contributed by atoms with Crippen LogP contribution in [0, 0.1) is 0 Å². The zero-order chi connectivity index (χ0) is 25.8. The average Bonchev–Trinajstić information content (AvgIpc) is 2.89. The summed E-state index contributed by atoms with van der Waals surface area (Å²) in [6.45, 7) is 4.74. The summed E-state index contributed by atoms with van der Waals surface area (Å²) in [5.41, 5.74) is 0.260. The molecule has 1 atom stereocenters. The molecule has 186 valence electrons. The van der Waals surface area contributed by atoms with Gasteiger partial charge >= 0.3 is 5.97 Å². The van der Waals surface area contributed by atoms with Crippen molar-refractivity contribution < 1.29 is 23.0 Å². The van der Waals surface area contributed by atoms with Gasteiger partial charge in [-0.2, -0.15) is 8.78 Å². The van der Waals surface area contributed by atoms with E-state index in [1.807, 2.05) is 0 Å². The van der Waals surface area contributed by atoms with Crippen LogP contribution in [0.15, 0.2) is 142 Å². The molecule has 0 aliphatic heterocycles. The third-order valence-corrected chi connectivity index (χ3v) is 7.22. The van der Waals surface area contributed by atoms with E-state index in [9.17, 15) is 13.6 Å².